The van der Waals surface area contributed by atoms with E-state index < -0.39 is 15.8 Å². The van der Waals surface area contributed by atoms with Gasteiger partial charge in [0.1, 0.15) is 17.8 Å². The van der Waals surface area contributed by atoms with E-state index in [0.717, 1.165) is 6.33 Å². The maximum atomic E-state index is 12.8. The van der Waals surface area contributed by atoms with Crippen LogP contribution in [0.1, 0.15) is 5.56 Å². The first-order valence-electron chi connectivity index (χ1n) is 5.28. The number of benzene rings is 1. The number of hydrogen-bond acceptors (Lipinski definition) is 4. The molecule has 0 aliphatic heterocycles. The van der Waals surface area contributed by atoms with Crippen LogP contribution in [0.3, 0.4) is 0 Å². The first-order valence-corrected chi connectivity index (χ1v) is 7.69. The number of nitrogens with zero attached hydrogens (tertiary/aromatic N) is 2. The van der Waals surface area contributed by atoms with Crippen molar-refractivity contribution in [3.8, 4) is 0 Å². The maximum absolute atomic E-state index is 12.8. The zero-order chi connectivity index (χ0) is 14.8. The fourth-order valence-corrected chi connectivity index (χ4v) is 3.15. The summed E-state index contributed by atoms with van der Waals surface area (Å²) in [5, 5.41) is -0.208. The van der Waals surface area contributed by atoms with Crippen LogP contribution in [0.5, 0.6) is 0 Å². The number of rotatable bonds is 4. The van der Waals surface area contributed by atoms with Gasteiger partial charge in [-0.05, 0) is 17.7 Å². The predicted molar refractivity (Wildman–Crippen MR) is 74.7 cm³/mol. The lowest BCUT2D eigenvalue weighted by Gasteiger charge is -2.09. The van der Waals surface area contributed by atoms with Crippen molar-refractivity contribution < 1.29 is 12.8 Å². The molecule has 0 aliphatic carbocycles. The second-order valence-electron chi connectivity index (χ2n) is 3.82. The van der Waals surface area contributed by atoms with E-state index in [1.54, 1.807) is 0 Å². The van der Waals surface area contributed by atoms with Crippen LogP contribution in [0, 0.1) is 5.82 Å². The average Bonchev–Trinajstić information content (AvgIpc) is 2.37. The van der Waals surface area contributed by atoms with Gasteiger partial charge in [0.25, 0.3) is 0 Å². The molecule has 0 unspecified atom stereocenters. The van der Waals surface area contributed by atoms with Gasteiger partial charge in [-0.15, -0.1) is 0 Å². The summed E-state index contributed by atoms with van der Waals surface area (Å²) in [7, 11) is -3.77. The summed E-state index contributed by atoms with van der Waals surface area (Å²) in [5.41, 5.74) is 0.334. The van der Waals surface area contributed by atoms with Crippen LogP contribution in [-0.2, 0) is 15.8 Å². The summed E-state index contributed by atoms with van der Waals surface area (Å²) in [4.78, 5) is 7.27. The predicted octanol–water partition coefficient (Wildman–Crippen LogP) is 2.86. The molecule has 2 aromatic rings. The van der Waals surface area contributed by atoms with Crippen molar-refractivity contribution in [2.75, 3.05) is 4.72 Å². The van der Waals surface area contributed by atoms with Gasteiger partial charge in [0, 0.05) is 0 Å². The maximum Gasteiger partial charge on any atom is 0.237 e. The van der Waals surface area contributed by atoms with E-state index in [4.69, 9.17) is 23.2 Å². The molecule has 0 bridgehead atoms. The molecule has 0 aliphatic rings. The standard InChI is InChI=1S/C11H8Cl2FN3O2S/c12-10-9(11(13)16-6-15-10)17-20(18,19)5-7-1-3-8(14)4-2-7/h1-4,6,17H,5H2. The van der Waals surface area contributed by atoms with Crippen LogP contribution in [0.4, 0.5) is 10.1 Å². The number of halogens is 3. The summed E-state index contributed by atoms with van der Waals surface area (Å²) in [5.74, 6) is -0.795. The Bertz CT molecular complexity index is 703. The summed E-state index contributed by atoms with van der Waals surface area (Å²) in [6.07, 6.45) is 1.11. The Morgan fingerprint density at radius 1 is 1.10 bits per heavy atom. The largest absolute Gasteiger partial charge is 0.277 e. The van der Waals surface area contributed by atoms with Crippen molar-refractivity contribution in [3.05, 3.63) is 52.3 Å². The van der Waals surface area contributed by atoms with E-state index in [2.05, 4.69) is 14.7 Å². The van der Waals surface area contributed by atoms with Crippen LogP contribution in [-0.4, -0.2) is 18.4 Å². The van der Waals surface area contributed by atoms with Gasteiger partial charge in [0.2, 0.25) is 10.0 Å². The number of anilines is 1. The van der Waals surface area contributed by atoms with Crippen LogP contribution >= 0.6 is 23.2 Å². The highest BCUT2D eigenvalue weighted by atomic mass is 35.5. The molecule has 0 saturated heterocycles. The van der Waals surface area contributed by atoms with E-state index in [-0.39, 0.29) is 21.7 Å². The van der Waals surface area contributed by atoms with Crippen molar-refractivity contribution in [3.63, 3.8) is 0 Å². The summed E-state index contributed by atoms with van der Waals surface area (Å²) in [6.45, 7) is 0. The van der Waals surface area contributed by atoms with Crippen LogP contribution in [0.2, 0.25) is 10.3 Å². The molecule has 0 radical (unpaired) electrons. The molecule has 9 heteroatoms. The monoisotopic (exact) mass is 335 g/mol. The molecule has 1 aromatic heterocycles. The molecule has 1 N–H and O–H groups in total. The zero-order valence-electron chi connectivity index (χ0n) is 9.85. The number of aromatic nitrogens is 2. The van der Waals surface area contributed by atoms with E-state index in [1.165, 1.54) is 24.3 Å². The average molecular weight is 336 g/mol. The molecule has 2 rings (SSSR count). The minimum atomic E-state index is -3.77. The van der Waals surface area contributed by atoms with Crippen molar-refractivity contribution in [2.24, 2.45) is 0 Å². The number of sulfonamides is 1. The molecular weight excluding hydrogens is 328 g/mol. The molecule has 20 heavy (non-hydrogen) atoms. The third-order valence-electron chi connectivity index (χ3n) is 2.28. The Labute approximate surface area is 124 Å². The molecule has 0 amide bonds. The van der Waals surface area contributed by atoms with Gasteiger partial charge in [-0.1, -0.05) is 35.3 Å². The lowest BCUT2D eigenvalue weighted by molar-refractivity contribution is 0.600. The van der Waals surface area contributed by atoms with E-state index in [9.17, 15) is 12.8 Å². The van der Waals surface area contributed by atoms with E-state index in [1.807, 2.05) is 0 Å². The Hall–Kier alpha value is -1.44. The Balaban J connectivity index is 2.21. The lowest BCUT2D eigenvalue weighted by atomic mass is 10.2. The van der Waals surface area contributed by atoms with Gasteiger partial charge in [-0.2, -0.15) is 0 Å². The van der Waals surface area contributed by atoms with Gasteiger partial charge in [-0.25, -0.2) is 22.8 Å². The second kappa shape index (κ2) is 5.90. The Morgan fingerprint density at radius 2 is 1.65 bits per heavy atom. The van der Waals surface area contributed by atoms with Crippen molar-refractivity contribution >= 4 is 38.9 Å². The highest BCUT2D eigenvalue weighted by Gasteiger charge is 2.17. The fraction of sp³-hybridized carbons (Fsp3) is 0.0909. The van der Waals surface area contributed by atoms with Crippen LogP contribution in [0.25, 0.3) is 0 Å². The van der Waals surface area contributed by atoms with Crippen molar-refractivity contribution in [1.29, 1.82) is 0 Å². The Morgan fingerprint density at radius 3 is 2.20 bits per heavy atom. The van der Waals surface area contributed by atoms with Gasteiger partial charge in [0.15, 0.2) is 10.3 Å². The normalized spacial score (nSPS) is 11.3. The Kier molecular flexibility index (Phi) is 4.42. The quantitative estimate of drug-likeness (QED) is 0.872. The minimum absolute atomic E-state index is 0.0852. The van der Waals surface area contributed by atoms with E-state index in [0.29, 0.717) is 5.56 Å². The van der Waals surface area contributed by atoms with Crippen molar-refractivity contribution in [1.82, 2.24) is 9.97 Å². The first-order chi connectivity index (χ1) is 9.37. The third kappa shape index (κ3) is 3.78. The van der Waals surface area contributed by atoms with Crippen LogP contribution in [0.15, 0.2) is 30.6 Å². The SMILES string of the molecule is O=S(=O)(Cc1ccc(F)cc1)Nc1c(Cl)ncnc1Cl. The zero-order valence-corrected chi connectivity index (χ0v) is 12.2. The van der Waals surface area contributed by atoms with E-state index >= 15 is 0 Å². The summed E-state index contributed by atoms with van der Waals surface area (Å²) >= 11 is 11.5. The third-order valence-corrected chi connectivity index (χ3v) is 4.08. The molecule has 0 spiro atoms. The van der Waals surface area contributed by atoms with Gasteiger partial charge in [0.05, 0.1) is 5.75 Å². The minimum Gasteiger partial charge on any atom is -0.277 e. The van der Waals surface area contributed by atoms with Gasteiger partial charge < -0.3 is 0 Å². The van der Waals surface area contributed by atoms with Crippen molar-refractivity contribution in [2.45, 2.75) is 5.75 Å². The summed E-state index contributed by atoms with van der Waals surface area (Å²) in [6, 6.07) is 5.10. The van der Waals surface area contributed by atoms with Gasteiger partial charge in [-0.3, -0.25) is 4.72 Å². The second-order valence-corrected chi connectivity index (χ2v) is 6.26. The molecule has 5 nitrogen and oxygen atoms in total. The topological polar surface area (TPSA) is 72.0 Å². The summed E-state index contributed by atoms with van der Waals surface area (Å²) < 4.78 is 38.9. The smallest absolute Gasteiger partial charge is 0.237 e. The van der Waals surface area contributed by atoms with Gasteiger partial charge >= 0.3 is 0 Å². The van der Waals surface area contributed by atoms with Crippen LogP contribution < -0.4 is 4.72 Å². The fourth-order valence-electron chi connectivity index (χ4n) is 1.42. The highest BCUT2D eigenvalue weighted by Crippen LogP contribution is 2.27. The first kappa shape index (κ1) is 15.0. The molecule has 0 fully saturated rings. The molecule has 0 atom stereocenters. The molecule has 1 aromatic carbocycles. The number of hydrogen-bond donors (Lipinski definition) is 1. The molecule has 1 heterocycles. The number of nitrogens with one attached hydrogen (secondary N) is 1. The molecule has 106 valence electrons. The molecular formula is C11H8Cl2FN3O2S. The molecule has 0 saturated carbocycles. The lowest BCUT2D eigenvalue weighted by Crippen LogP contribution is -2.16. The highest BCUT2D eigenvalue weighted by molar-refractivity contribution is 7.91.